The highest BCUT2D eigenvalue weighted by Gasteiger charge is 1.74. The molecule has 0 spiro atoms. The normalized spacial score (nSPS) is 12.5. The molecule has 0 saturated carbocycles. The Balaban J connectivity index is 3.79. The quantitative estimate of drug-likeness (QED) is 0.423. The number of allylic oxidation sites excluding steroid dienone is 2. The van der Waals surface area contributed by atoms with Crippen molar-refractivity contribution in [1.82, 2.24) is 0 Å². The molecule has 0 aromatic rings. The van der Waals surface area contributed by atoms with Crippen molar-refractivity contribution in [3.63, 3.8) is 0 Å². The zero-order valence-electron chi connectivity index (χ0n) is 4.56. The molecule has 0 radical (unpaired) electrons. The van der Waals surface area contributed by atoms with E-state index in [2.05, 4.69) is 27.7 Å². The van der Waals surface area contributed by atoms with Gasteiger partial charge in [0.1, 0.15) is 0 Å². The van der Waals surface area contributed by atoms with Gasteiger partial charge in [0, 0.05) is 0 Å². The minimum atomic E-state index is 0.995. The van der Waals surface area contributed by atoms with Crippen LogP contribution < -0.4 is 0 Å². The van der Waals surface area contributed by atoms with Gasteiger partial charge in [-0.3, -0.25) is 0 Å². The SMILES string of the molecule is CC(/C=C\I)=C/N=N. The van der Waals surface area contributed by atoms with E-state index in [1.54, 1.807) is 0 Å². The standard InChI is InChI=1S/C5H7IN2/c1-5(2-3-6)4-8-7/h2-4,7H,1H3/b3-2-,5-4-,8-7?. The average molecular weight is 222 g/mol. The van der Waals surface area contributed by atoms with Gasteiger partial charge in [0.15, 0.2) is 0 Å². The lowest BCUT2D eigenvalue weighted by atomic mass is 10.3. The van der Waals surface area contributed by atoms with Crippen molar-refractivity contribution in [3.05, 3.63) is 21.9 Å². The number of nitrogens with zero attached hydrogens (tertiary/aromatic N) is 1. The first-order valence-corrected chi connectivity index (χ1v) is 3.36. The third-order valence-corrected chi connectivity index (χ3v) is 0.954. The van der Waals surface area contributed by atoms with Gasteiger partial charge in [-0.15, -0.1) is 0 Å². The number of rotatable bonds is 2. The van der Waals surface area contributed by atoms with Crippen LogP contribution in [0.15, 0.2) is 27.0 Å². The first kappa shape index (κ1) is 7.81. The molecular weight excluding hydrogens is 215 g/mol. The molecule has 0 unspecified atom stereocenters. The van der Waals surface area contributed by atoms with Crippen molar-refractivity contribution >= 4 is 22.6 Å². The maximum absolute atomic E-state index is 6.42. The highest BCUT2D eigenvalue weighted by Crippen LogP contribution is 1.96. The zero-order valence-corrected chi connectivity index (χ0v) is 6.71. The molecule has 8 heavy (non-hydrogen) atoms. The second kappa shape index (κ2) is 4.96. The van der Waals surface area contributed by atoms with Gasteiger partial charge in [0.2, 0.25) is 0 Å². The number of nitrogens with one attached hydrogen (secondary N) is 1. The summed E-state index contributed by atoms with van der Waals surface area (Å²) in [7, 11) is 0. The van der Waals surface area contributed by atoms with Gasteiger partial charge in [-0.05, 0) is 16.6 Å². The van der Waals surface area contributed by atoms with Crippen molar-refractivity contribution < 1.29 is 0 Å². The van der Waals surface area contributed by atoms with Crippen LogP contribution in [0.1, 0.15) is 6.92 Å². The van der Waals surface area contributed by atoms with E-state index in [1.165, 1.54) is 6.20 Å². The summed E-state index contributed by atoms with van der Waals surface area (Å²) < 4.78 is 1.88. The molecule has 0 aliphatic rings. The van der Waals surface area contributed by atoms with Gasteiger partial charge < -0.3 is 0 Å². The van der Waals surface area contributed by atoms with Crippen molar-refractivity contribution in [2.75, 3.05) is 0 Å². The molecule has 44 valence electrons. The lowest BCUT2D eigenvalue weighted by Crippen LogP contribution is -1.60. The van der Waals surface area contributed by atoms with Crippen LogP contribution >= 0.6 is 22.6 Å². The summed E-state index contributed by atoms with van der Waals surface area (Å²) in [6, 6.07) is 0. The molecule has 0 amide bonds. The van der Waals surface area contributed by atoms with Crippen molar-refractivity contribution in [2.24, 2.45) is 5.11 Å². The van der Waals surface area contributed by atoms with Gasteiger partial charge in [-0.1, -0.05) is 28.7 Å². The summed E-state index contributed by atoms with van der Waals surface area (Å²) in [5.41, 5.74) is 7.42. The first-order valence-electron chi connectivity index (χ1n) is 2.11. The van der Waals surface area contributed by atoms with E-state index in [9.17, 15) is 0 Å². The van der Waals surface area contributed by atoms with E-state index in [1.807, 2.05) is 17.1 Å². The fraction of sp³-hybridized carbons (Fsp3) is 0.200. The Hall–Kier alpha value is -0.190. The first-order chi connectivity index (χ1) is 3.81. The molecule has 0 aliphatic heterocycles. The molecule has 1 N–H and O–H groups in total. The van der Waals surface area contributed by atoms with Crippen LogP contribution in [0.5, 0.6) is 0 Å². The summed E-state index contributed by atoms with van der Waals surface area (Å²) in [5, 5.41) is 3.09. The van der Waals surface area contributed by atoms with Crippen LogP contribution in [0.25, 0.3) is 0 Å². The summed E-state index contributed by atoms with van der Waals surface area (Å²) in [6.45, 7) is 1.90. The van der Waals surface area contributed by atoms with Crippen LogP contribution in [0.4, 0.5) is 0 Å². The molecule has 0 aromatic carbocycles. The predicted octanol–water partition coefficient (Wildman–Crippen LogP) is 2.87. The minimum Gasteiger partial charge on any atom is -0.205 e. The molecule has 2 nitrogen and oxygen atoms in total. The monoisotopic (exact) mass is 222 g/mol. The fourth-order valence-corrected chi connectivity index (χ4v) is 0.811. The van der Waals surface area contributed by atoms with Crippen molar-refractivity contribution in [2.45, 2.75) is 6.92 Å². The maximum Gasteiger partial charge on any atom is 0.0518 e. The summed E-state index contributed by atoms with van der Waals surface area (Å²) in [6.07, 6.45) is 3.38. The van der Waals surface area contributed by atoms with E-state index in [0.29, 0.717) is 0 Å². The Bertz CT molecular complexity index is 126. The third kappa shape index (κ3) is 3.98. The lowest BCUT2D eigenvalue weighted by molar-refractivity contribution is 1.13. The molecule has 0 heterocycles. The van der Waals surface area contributed by atoms with Gasteiger partial charge in [-0.2, -0.15) is 5.11 Å². The van der Waals surface area contributed by atoms with Crippen LogP contribution in [0.2, 0.25) is 0 Å². The van der Waals surface area contributed by atoms with Crippen LogP contribution in [-0.2, 0) is 0 Å². The average Bonchev–Trinajstić information content (AvgIpc) is 1.68. The molecule has 0 saturated heterocycles. The van der Waals surface area contributed by atoms with Gasteiger partial charge in [0.25, 0.3) is 0 Å². The topological polar surface area (TPSA) is 36.2 Å². The molecule has 0 fully saturated rings. The Morgan fingerprint density at radius 2 is 2.38 bits per heavy atom. The second-order valence-electron chi connectivity index (χ2n) is 1.29. The largest absolute Gasteiger partial charge is 0.205 e. The molecule has 0 atom stereocenters. The van der Waals surface area contributed by atoms with Gasteiger partial charge in [0.05, 0.1) is 6.20 Å². The van der Waals surface area contributed by atoms with Gasteiger partial charge >= 0.3 is 0 Å². The van der Waals surface area contributed by atoms with E-state index in [-0.39, 0.29) is 0 Å². The van der Waals surface area contributed by atoms with Crippen molar-refractivity contribution in [3.8, 4) is 0 Å². The Kier molecular flexibility index (Phi) is 4.84. The number of halogens is 1. The number of hydrogen-bond donors (Lipinski definition) is 1. The minimum absolute atomic E-state index is 0.995. The molecule has 0 aliphatic carbocycles. The second-order valence-corrected chi connectivity index (χ2v) is 2.01. The van der Waals surface area contributed by atoms with Crippen LogP contribution in [-0.4, -0.2) is 0 Å². The maximum atomic E-state index is 6.42. The predicted molar refractivity (Wildman–Crippen MR) is 42.1 cm³/mol. The molecular formula is C5H7IN2. The van der Waals surface area contributed by atoms with Crippen LogP contribution in [0, 0.1) is 5.53 Å². The molecule has 3 heteroatoms. The molecule has 0 bridgehead atoms. The summed E-state index contributed by atoms with van der Waals surface area (Å²) in [5.74, 6) is 0. The summed E-state index contributed by atoms with van der Waals surface area (Å²) in [4.78, 5) is 0. The van der Waals surface area contributed by atoms with E-state index >= 15 is 0 Å². The Morgan fingerprint density at radius 1 is 1.75 bits per heavy atom. The zero-order chi connectivity index (χ0) is 6.41. The summed E-state index contributed by atoms with van der Waals surface area (Å²) >= 11 is 2.12. The van der Waals surface area contributed by atoms with E-state index in [4.69, 9.17) is 5.53 Å². The van der Waals surface area contributed by atoms with Crippen LogP contribution in [0.3, 0.4) is 0 Å². The Morgan fingerprint density at radius 3 is 2.75 bits per heavy atom. The smallest absolute Gasteiger partial charge is 0.0518 e. The van der Waals surface area contributed by atoms with Gasteiger partial charge in [-0.25, -0.2) is 5.53 Å². The highest BCUT2D eigenvalue weighted by molar-refractivity contribution is 14.1. The fourth-order valence-electron chi connectivity index (χ4n) is 0.244. The molecule has 0 aromatic heterocycles. The highest BCUT2D eigenvalue weighted by atomic mass is 127. The Labute approximate surface area is 62.3 Å². The number of hydrogen-bond acceptors (Lipinski definition) is 2. The van der Waals surface area contributed by atoms with E-state index in [0.717, 1.165) is 5.57 Å². The van der Waals surface area contributed by atoms with E-state index < -0.39 is 0 Å². The molecule has 0 rings (SSSR count). The third-order valence-electron chi connectivity index (χ3n) is 0.594. The van der Waals surface area contributed by atoms with Crippen molar-refractivity contribution in [1.29, 1.82) is 5.53 Å². The lowest BCUT2D eigenvalue weighted by Gasteiger charge is -1.80.